The lowest BCUT2D eigenvalue weighted by Crippen LogP contribution is -2.60. The molecule has 9 nitrogen and oxygen atoms in total. The number of hydrogen-bond acceptors (Lipinski definition) is 8. The third-order valence-corrected chi connectivity index (χ3v) is 14.1. The fraction of sp³-hybridized carbons (Fsp3) is 0.852. The second kappa shape index (κ2) is 50.7. The van der Waals surface area contributed by atoms with Gasteiger partial charge in [-0.2, -0.15) is 0 Å². The number of amides is 1. The lowest BCUT2D eigenvalue weighted by molar-refractivity contribution is -0.302. The molecule has 1 saturated heterocycles. The summed E-state index contributed by atoms with van der Waals surface area (Å²) in [5, 5.41) is 54.4. The summed E-state index contributed by atoms with van der Waals surface area (Å²) in [7, 11) is 0. The van der Waals surface area contributed by atoms with E-state index in [4.69, 9.17) is 9.47 Å². The molecule has 1 amide bonds. The molecule has 0 aromatic rings. The van der Waals surface area contributed by atoms with Crippen molar-refractivity contribution in [3.63, 3.8) is 0 Å². The predicted octanol–water partition coefficient (Wildman–Crippen LogP) is 14.9. The number of allylic oxidation sites excluding steroid dienone is 7. The molecule has 410 valence electrons. The number of nitrogens with one attached hydrogen (secondary N) is 1. The molecule has 0 aromatic carbocycles. The van der Waals surface area contributed by atoms with Crippen molar-refractivity contribution in [1.29, 1.82) is 0 Å². The first-order valence-corrected chi connectivity index (χ1v) is 29.9. The smallest absolute Gasteiger partial charge is 0.220 e. The Balaban J connectivity index is 2.18. The molecule has 0 aliphatic carbocycles. The molecule has 0 radical (unpaired) electrons. The molecule has 6 N–H and O–H groups in total. The van der Waals surface area contributed by atoms with Gasteiger partial charge in [-0.3, -0.25) is 4.79 Å². The summed E-state index contributed by atoms with van der Waals surface area (Å²) >= 11 is 0. The van der Waals surface area contributed by atoms with Gasteiger partial charge in [0.15, 0.2) is 6.29 Å². The Hall–Kier alpha value is -1.85. The first-order valence-electron chi connectivity index (χ1n) is 29.9. The van der Waals surface area contributed by atoms with E-state index in [9.17, 15) is 30.3 Å². The van der Waals surface area contributed by atoms with E-state index < -0.39 is 49.5 Å². The standard InChI is InChI=1S/C61H113NO8/c1-3-5-7-9-11-13-15-17-19-20-21-22-23-24-25-26-27-28-29-30-31-32-33-34-35-36-37-38-40-42-44-46-48-50-55(64)54(53-69-61-60(68)59(67)58(66)56(52-63)70-61)62-57(65)51-49-47-45-43-41-39-18-16-14-12-10-8-6-4-2/h16,18,35-36,40,42,48,50,54-56,58-61,63-64,66-68H,3-15,17,19-34,37-39,41,43-47,49,51-53H2,1-2H3,(H,62,65)/b18-16-,36-35+,42-40+,50-48+. The minimum Gasteiger partial charge on any atom is -0.394 e. The van der Waals surface area contributed by atoms with Crippen LogP contribution in [0.2, 0.25) is 0 Å². The van der Waals surface area contributed by atoms with Crippen molar-refractivity contribution in [2.45, 2.75) is 320 Å². The highest BCUT2D eigenvalue weighted by Gasteiger charge is 2.44. The molecule has 1 heterocycles. The van der Waals surface area contributed by atoms with Crippen molar-refractivity contribution < 1.29 is 39.8 Å². The fourth-order valence-electron chi connectivity index (χ4n) is 9.36. The Labute approximate surface area is 431 Å². The van der Waals surface area contributed by atoms with E-state index in [-0.39, 0.29) is 12.5 Å². The van der Waals surface area contributed by atoms with Crippen LogP contribution >= 0.6 is 0 Å². The minimum atomic E-state index is -1.58. The largest absolute Gasteiger partial charge is 0.394 e. The first kappa shape index (κ1) is 66.2. The van der Waals surface area contributed by atoms with Gasteiger partial charge in [-0.05, 0) is 70.6 Å². The monoisotopic (exact) mass is 988 g/mol. The van der Waals surface area contributed by atoms with E-state index in [2.05, 4.69) is 55.6 Å². The molecule has 0 spiro atoms. The number of rotatable bonds is 51. The average Bonchev–Trinajstić information content (AvgIpc) is 3.36. The van der Waals surface area contributed by atoms with Crippen LogP contribution in [0.25, 0.3) is 0 Å². The molecule has 9 heteroatoms. The third-order valence-electron chi connectivity index (χ3n) is 14.1. The average molecular weight is 989 g/mol. The number of ether oxygens (including phenoxy) is 2. The van der Waals surface area contributed by atoms with Gasteiger partial charge in [-0.25, -0.2) is 0 Å². The third kappa shape index (κ3) is 39.7. The number of aliphatic hydroxyl groups excluding tert-OH is 5. The number of aliphatic hydroxyl groups is 5. The zero-order valence-electron chi connectivity index (χ0n) is 45.5. The Morgan fingerprint density at radius 1 is 0.471 bits per heavy atom. The van der Waals surface area contributed by atoms with E-state index in [1.165, 1.54) is 193 Å². The maximum absolute atomic E-state index is 13.0. The van der Waals surface area contributed by atoms with Gasteiger partial charge < -0.3 is 40.3 Å². The minimum absolute atomic E-state index is 0.199. The highest BCUT2D eigenvalue weighted by atomic mass is 16.7. The number of carbonyl (C=O) groups is 1. The van der Waals surface area contributed by atoms with Gasteiger partial charge in [-0.15, -0.1) is 0 Å². The van der Waals surface area contributed by atoms with Crippen LogP contribution in [0.5, 0.6) is 0 Å². The number of hydrogen-bond donors (Lipinski definition) is 6. The quantitative estimate of drug-likeness (QED) is 0.0261. The summed E-state index contributed by atoms with van der Waals surface area (Å²) in [6.07, 6.45) is 60.6. The molecular weight excluding hydrogens is 875 g/mol. The zero-order valence-corrected chi connectivity index (χ0v) is 45.5. The Bertz CT molecular complexity index is 1240. The molecule has 0 saturated carbocycles. The van der Waals surface area contributed by atoms with Crippen molar-refractivity contribution in [3.05, 3.63) is 48.6 Å². The first-order chi connectivity index (χ1) is 34.3. The maximum atomic E-state index is 13.0. The summed E-state index contributed by atoms with van der Waals surface area (Å²) in [6.45, 7) is 3.76. The van der Waals surface area contributed by atoms with Crippen molar-refractivity contribution >= 4 is 5.91 Å². The van der Waals surface area contributed by atoms with Crippen molar-refractivity contribution in [2.75, 3.05) is 13.2 Å². The van der Waals surface area contributed by atoms with Gasteiger partial charge in [0.2, 0.25) is 5.91 Å². The SMILES string of the molecule is CCCCCCC/C=C\CCCCCCCC(=O)NC(COC1OC(CO)C(O)C(O)C1O)C(O)/C=C/CC/C=C/CC/C=C/CCCCCCCCCCCCCCCCCCCCCCCCC. The molecule has 0 aromatic heterocycles. The van der Waals surface area contributed by atoms with Gasteiger partial charge >= 0.3 is 0 Å². The van der Waals surface area contributed by atoms with Crippen LogP contribution in [0.3, 0.4) is 0 Å². The second-order valence-electron chi connectivity index (χ2n) is 20.8. The summed E-state index contributed by atoms with van der Waals surface area (Å²) in [6, 6.07) is -0.833. The van der Waals surface area contributed by atoms with Gasteiger partial charge in [0.1, 0.15) is 24.4 Å². The predicted molar refractivity (Wildman–Crippen MR) is 295 cm³/mol. The van der Waals surface area contributed by atoms with Crippen LogP contribution in [0.1, 0.15) is 277 Å². The summed E-state index contributed by atoms with van der Waals surface area (Å²) in [5.41, 5.74) is 0. The van der Waals surface area contributed by atoms with Crippen LogP contribution in [-0.2, 0) is 14.3 Å². The molecule has 7 atom stereocenters. The fourth-order valence-corrected chi connectivity index (χ4v) is 9.36. The molecule has 1 rings (SSSR count). The topological polar surface area (TPSA) is 149 Å². The van der Waals surface area contributed by atoms with Crippen LogP contribution in [0, 0.1) is 0 Å². The summed E-state index contributed by atoms with van der Waals surface area (Å²) in [4.78, 5) is 13.0. The summed E-state index contributed by atoms with van der Waals surface area (Å²) in [5.74, 6) is -0.199. The molecular formula is C61H113NO8. The highest BCUT2D eigenvalue weighted by Crippen LogP contribution is 2.23. The molecule has 70 heavy (non-hydrogen) atoms. The van der Waals surface area contributed by atoms with E-state index in [1.54, 1.807) is 6.08 Å². The second-order valence-corrected chi connectivity index (χ2v) is 20.8. The molecule has 1 fully saturated rings. The number of carbonyl (C=O) groups excluding carboxylic acids is 1. The van der Waals surface area contributed by atoms with Gasteiger partial charge in [0.05, 0.1) is 25.4 Å². The van der Waals surface area contributed by atoms with E-state index >= 15 is 0 Å². The number of unbranched alkanes of at least 4 members (excludes halogenated alkanes) is 35. The molecule has 0 bridgehead atoms. The Morgan fingerprint density at radius 2 is 0.814 bits per heavy atom. The van der Waals surface area contributed by atoms with Crippen molar-refractivity contribution in [2.24, 2.45) is 0 Å². The van der Waals surface area contributed by atoms with Crippen LogP contribution in [0.4, 0.5) is 0 Å². The molecule has 1 aliphatic rings. The van der Waals surface area contributed by atoms with Gasteiger partial charge in [0, 0.05) is 6.42 Å². The Kier molecular flexibility index (Phi) is 47.9. The molecule has 7 unspecified atom stereocenters. The van der Waals surface area contributed by atoms with Gasteiger partial charge in [0.25, 0.3) is 0 Å². The van der Waals surface area contributed by atoms with E-state index in [0.717, 1.165) is 64.2 Å². The summed E-state index contributed by atoms with van der Waals surface area (Å²) < 4.78 is 11.2. The van der Waals surface area contributed by atoms with Crippen LogP contribution in [-0.4, -0.2) is 87.5 Å². The Morgan fingerprint density at radius 3 is 1.20 bits per heavy atom. The van der Waals surface area contributed by atoms with Crippen LogP contribution < -0.4 is 5.32 Å². The highest BCUT2D eigenvalue weighted by molar-refractivity contribution is 5.76. The maximum Gasteiger partial charge on any atom is 0.220 e. The normalized spacial score (nSPS) is 19.7. The lowest BCUT2D eigenvalue weighted by Gasteiger charge is -2.40. The van der Waals surface area contributed by atoms with E-state index in [0.29, 0.717) is 6.42 Å². The van der Waals surface area contributed by atoms with Crippen molar-refractivity contribution in [1.82, 2.24) is 5.32 Å². The van der Waals surface area contributed by atoms with E-state index in [1.807, 2.05) is 6.08 Å². The lowest BCUT2D eigenvalue weighted by atomic mass is 9.99. The van der Waals surface area contributed by atoms with Gasteiger partial charge in [-0.1, -0.05) is 249 Å². The van der Waals surface area contributed by atoms with Crippen molar-refractivity contribution in [3.8, 4) is 0 Å². The zero-order chi connectivity index (χ0) is 50.8. The van der Waals surface area contributed by atoms with Crippen LogP contribution in [0.15, 0.2) is 48.6 Å². The molecule has 1 aliphatic heterocycles.